The van der Waals surface area contributed by atoms with Gasteiger partial charge in [0, 0.05) is 24.3 Å². The summed E-state index contributed by atoms with van der Waals surface area (Å²) in [5, 5.41) is 0.868. The first kappa shape index (κ1) is 11.8. The highest BCUT2D eigenvalue weighted by molar-refractivity contribution is 9.09. The molecule has 0 spiro atoms. The number of aromatic nitrogens is 3. The van der Waals surface area contributed by atoms with E-state index in [1.807, 2.05) is 12.1 Å². The largest absolute Gasteiger partial charge is 0.377 e. The number of fused-ring (bicyclic) bond motifs is 1. The molecule has 0 aromatic carbocycles. The zero-order valence-electron chi connectivity index (χ0n) is 9.79. The van der Waals surface area contributed by atoms with Crippen LogP contribution in [0.3, 0.4) is 0 Å². The summed E-state index contributed by atoms with van der Waals surface area (Å²) in [5.41, 5.74) is 1.51. The van der Waals surface area contributed by atoms with Crippen LogP contribution in [0.2, 0.25) is 0 Å². The van der Waals surface area contributed by atoms with Crippen LogP contribution in [0.25, 0.3) is 11.2 Å². The number of nitrogens with zero attached hydrogens (tertiary/aromatic N) is 4. The third-order valence-corrected chi connectivity index (χ3v) is 3.76. The van der Waals surface area contributed by atoms with Gasteiger partial charge in [-0.2, -0.15) is 0 Å². The minimum Gasteiger partial charge on any atom is -0.377 e. The predicted octanol–water partition coefficient (Wildman–Crippen LogP) is 1.62. The number of alkyl halides is 1. The Hall–Kier alpha value is -1.27. The molecule has 1 saturated heterocycles. The van der Waals surface area contributed by atoms with Crippen LogP contribution in [0.4, 0.5) is 5.82 Å². The molecule has 2 aromatic rings. The number of pyridine rings is 1. The van der Waals surface area contributed by atoms with Crippen molar-refractivity contribution < 1.29 is 4.74 Å². The summed E-state index contributed by atoms with van der Waals surface area (Å²) in [6.07, 6.45) is 3.35. The number of hydrogen-bond donors (Lipinski definition) is 0. The van der Waals surface area contributed by atoms with E-state index in [2.05, 4.69) is 35.8 Å². The molecule has 6 heteroatoms. The lowest BCUT2D eigenvalue weighted by atomic mass is 10.2. The number of rotatable bonds is 2. The van der Waals surface area contributed by atoms with Crippen LogP contribution < -0.4 is 4.90 Å². The molecule has 0 N–H and O–H groups in total. The zero-order valence-corrected chi connectivity index (χ0v) is 11.4. The van der Waals surface area contributed by atoms with Gasteiger partial charge in [0.2, 0.25) is 0 Å². The first-order chi connectivity index (χ1) is 8.88. The molecular weight excluding hydrogens is 296 g/mol. The molecule has 1 unspecified atom stereocenters. The number of anilines is 1. The van der Waals surface area contributed by atoms with Crippen LogP contribution in [-0.2, 0) is 4.74 Å². The summed E-state index contributed by atoms with van der Waals surface area (Å²) >= 11 is 3.52. The van der Waals surface area contributed by atoms with Gasteiger partial charge in [0.05, 0.1) is 19.3 Å². The minimum absolute atomic E-state index is 0.320. The van der Waals surface area contributed by atoms with Crippen molar-refractivity contribution in [3.8, 4) is 0 Å². The van der Waals surface area contributed by atoms with Gasteiger partial charge in [-0.05, 0) is 12.1 Å². The van der Waals surface area contributed by atoms with Crippen molar-refractivity contribution in [2.24, 2.45) is 0 Å². The van der Waals surface area contributed by atoms with Crippen LogP contribution in [0.1, 0.15) is 0 Å². The molecule has 3 rings (SSSR count). The van der Waals surface area contributed by atoms with Crippen molar-refractivity contribution in [1.29, 1.82) is 0 Å². The highest BCUT2D eigenvalue weighted by atomic mass is 79.9. The predicted molar refractivity (Wildman–Crippen MR) is 73.1 cm³/mol. The van der Waals surface area contributed by atoms with Gasteiger partial charge in [-0.15, -0.1) is 0 Å². The van der Waals surface area contributed by atoms with E-state index in [0.717, 1.165) is 36.4 Å². The quantitative estimate of drug-likeness (QED) is 0.789. The van der Waals surface area contributed by atoms with Crippen molar-refractivity contribution in [2.75, 3.05) is 30.0 Å². The molecule has 0 saturated carbocycles. The van der Waals surface area contributed by atoms with E-state index >= 15 is 0 Å². The molecule has 18 heavy (non-hydrogen) atoms. The lowest BCUT2D eigenvalue weighted by Gasteiger charge is -2.35. The Balaban J connectivity index is 1.97. The van der Waals surface area contributed by atoms with E-state index in [4.69, 9.17) is 4.74 Å². The van der Waals surface area contributed by atoms with E-state index in [9.17, 15) is 0 Å². The average molecular weight is 309 g/mol. The van der Waals surface area contributed by atoms with E-state index in [1.54, 1.807) is 12.4 Å². The first-order valence-corrected chi connectivity index (χ1v) is 6.99. The standard InChI is InChI=1S/C12H13BrN4O/c13-7-9-8-18-6-5-17(9)11-2-1-10-12(16-11)15-4-3-14-10/h1-4,9H,5-8H2. The van der Waals surface area contributed by atoms with Gasteiger partial charge in [0.1, 0.15) is 11.3 Å². The summed E-state index contributed by atoms with van der Waals surface area (Å²) in [7, 11) is 0. The summed E-state index contributed by atoms with van der Waals surface area (Å²) in [4.78, 5) is 15.3. The van der Waals surface area contributed by atoms with Gasteiger partial charge < -0.3 is 9.64 Å². The van der Waals surface area contributed by atoms with Crippen molar-refractivity contribution in [3.63, 3.8) is 0 Å². The maximum Gasteiger partial charge on any atom is 0.180 e. The molecule has 1 fully saturated rings. The fraction of sp³-hybridized carbons (Fsp3) is 0.417. The Labute approximate surface area is 113 Å². The maximum atomic E-state index is 5.48. The van der Waals surface area contributed by atoms with Crippen molar-refractivity contribution in [3.05, 3.63) is 24.5 Å². The smallest absolute Gasteiger partial charge is 0.180 e. The Morgan fingerprint density at radius 3 is 3.11 bits per heavy atom. The Bertz CT molecular complexity index is 550. The van der Waals surface area contributed by atoms with Crippen LogP contribution in [0.15, 0.2) is 24.5 Å². The molecule has 3 heterocycles. The Morgan fingerprint density at radius 2 is 2.22 bits per heavy atom. The molecule has 0 amide bonds. The van der Waals surface area contributed by atoms with E-state index in [1.165, 1.54) is 0 Å². The van der Waals surface area contributed by atoms with Gasteiger partial charge in [-0.3, -0.25) is 4.98 Å². The highest BCUT2D eigenvalue weighted by Crippen LogP contribution is 2.20. The van der Waals surface area contributed by atoms with Crippen LogP contribution >= 0.6 is 15.9 Å². The molecule has 1 aliphatic heterocycles. The van der Waals surface area contributed by atoms with Crippen LogP contribution in [0.5, 0.6) is 0 Å². The topological polar surface area (TPSA) is 51.1 Å². The fourth-order valence-electron chi connectivity index (χ4n) is 2.09. The molecule has 1 atom stereocenters. The third kappa shape index (κ3) is 2.18. The highest BCUT2D eigenvalue weighted by Gasteiger charge is 2.23. The molecule has 0 aliphatic carbocycles. The van der Waals surface area contributed by atoms with E-state index < -0.39 is 0 Å². The number of halogens is 1. The summed E-state index contributed by atoms with van der Waals surface area (Å²) < 4.78 is 5.48. The minimum atomic E-state index is 0.320. The SMILES string of the molecule is BrCC1COCCN1c1ccc2nccnc2n1. The van der Waals surface area contributed by atoms with Gasteiger partial charge in [-0.25, -0.2) is 9.97 Å². The maximum absolute atomic E-state index is 5.48. The van der Waals surface area contributed by atoms with Crippen LogP contribution in [0, 0.1) is 0 Å². The lowest BCUT2D eigenvalue weighted by molar-refractivity contribution is 0.100. The summed E-state index contributed by atoms with van der Waals surface area (Å²) in [6, 6.07) is 4.28. The summed E-state index contributed by atoms with van der Waals surface area (Å²) in [5.74, 6) is 0.941. The monoisotopic (exact) mass is 308 g/mol. The number of hydrogen-bond acceptors (Lipinski definition) is 5. The van der Waals surface area contributed by atoms with Crippen molar-refractivity contribution in [2.45, 2.75) is 6.04 Å². The molecule has 0 radical (unpaired) electrons. The average Bonchev–Trinajstić information content (AvgIpc) is 2.46. The zero-order chi connectivity index (χ0) is 12.4. The van der Waals surface area contributed by atoms with E-state index in [-0.39, 0.29) is 0 Å². The Kier molecular flexibility index (Phi) is 3.38. The van der Waals surface area contributed by atoms with Crippen LogP contribution in [-0.4, -0.2) is 46.1 Å². The van der Waals surface area contributed by atoms with Gasteiger partial charge in [0.15, 0.2) is 5.65 Å². The van der Waals surface area contributed by atoms with Gasteiger partial charge >= 0.3 is 0 Å². The second-order valence-corrected chi connectivity index (χ2v) is 4.79. The molecule has 94 valence electrons. The lowest BCUT2D eigenvalue weighted by Crippen LogP contribution is -2.47. The second-order valence-electron chi connectivity index (χ2n) is 4.14. The van der Waals surface area contributed by atoms with Gasteiger partial charge in [-0.1, -0.05) is 15.9 Å². The normalized spacial score (nSPS) is 20.3. The molecule has 0 bridgehead atoms. The third-order valence-electron chi connectivity index (χ3n) is 3.02. The van der Waals surface area contributed by atoms with Crippen molar-refractivity contribution in [1.82, 2.24) is 15.0 Å². The fourth-order valence-corrected chi connectivity index (χ4v) is 2.63. The number of morpholine rings is 1. The summed E-state index contributed by atoms with van der Waals surface area (Å²) in [6.45, 7) is 2.32. The van der Waals surface area contributed by atoms with Gasteiger partial charge in [0.25, 0.3) is 0 Å². The van der Waals surface area contributed by atoms with Crippen molar-refractivity contribution >= 4 is 32.9 Å². The van der Waals surface area contributed by atoms with E-state index in [0.29, 0.717) is 11.7 Å². The molecule has 2 aromatic heterocycles. The molecular formula is C12H13BrN4O. The molecule has 5 nitrogen and oxygen atoms in total. The molecule has 1 aliphatic rings. The second kappa shape index (κ2) is 5.16. The Morgan fingerprint density at radius 1 is 1.33 bits per heavy atom. The first-order valence-electron chi connectivity index (χ1n) is 5.86. The number of ether oxygens (including phenoxy) is 1.